The van der Waals surface area contributed by atoms with E-state index < -0.39 is 17.6 Å². The first kappa shape index (κ1) is 12.2. The summed E-state index contributed by atoms with van der Waals surface area (Å²) in [4.78, 5) is 14.7. The lowest BCUT2D eigenvalue weighted by atomic mass is 10.3. The largest absolute Gasteiger partial charge is 0.421 e. The van der Waals surface area contributed by atoms with Crippen LogP contribution in [0.4, 0.5) is 13.2 Å². The first-order chi connectivity index (χ1) is 9.55. The zero-order valence-electron chi connectivity index (χ0n) is 9.60. The zero-order valence-corrected chi connectivity index (χ0v) is 9.60. The minimum atomic E-state index is -4.61. The molecule has 102 valence electrons. The maximum atomic E-state index is 12.9. The normalized spacial score (nSPS) is 11.8. The summed E-state index contributed by atoms with van der Waals surface area (Å²) in [6.45, 7) is 0. The second-order valence-electron chi connectivity index (χ2n) is 3.59. The average Bonchev–Trinajstić information content (AvgIpc) is 3.10. The predicted octanol–water partition coefficient (Wildman–Crippen LogP) is 0.657. The third kappa shape index (κ3) is 2.08. The van der Waals surface area contributed by atoms with E-state index in [0.717, 1.165) is 22.0 Å². The van der Waals surface area contributed by atoms with Crippen LogP contribution in [0.1, 0.15) is 5.56 Å². The number of nitrogens with zero attached hydrogens (tertiary/aromatic N) is 8. The molecule has 0 unspecified atom stereocenters. The van der Waals surface area contributed by atoms with E-state index in [0.29, 0.717) is 6.20 Å². The van der Waals surface area contributed by atoms with Crippen molar-refractivity contribution in [2.75, 3.05) is 0 Å². The number of hydrogen-bond donors (Lipinski definition) is 0. The van der Waals surface area contributed by atoms with E-state index in [9.17, 15) is 13.2 Å². The standard InChI is InChI=1S/C9H5F3N8/c10-9(11,12)6-1-15-8(20-5-14-3-17-20)18-7(6)19-4-13-2-16-19/h1-5H. The quantitative estimate of drug-likeness (QED) is 0.686. The van der Waals surface area contributed by atoms with Crippen molar-refractivity contribution in [3.05, 3.63) is 37.1 Å². The van der Waals surface area contributed by atoms with E-state index in [4.69, 9.17) is 0 Å². The monoisotopic (exact) mass is 282 g/mol. The molecule has 0 aliphatic heterocycles. The van der Waals surface area contributed by atoms with Gasteiger partial charge in [-0.1, -0.05) is 0 Å². The Morgan fingerprint density at radius 2 is 1.60 bits per heavy atom. The van der Waals surface area contributed by atoms with Crippen molar-refractivity contribution in [3.8, 4) is 11.8 Å². The summed E-state index contributed by atoms with van der Waals surface area (Å²) in [5.74, 6) is -0.489. The SMILES string of the molecule is FC(F)(F)c1cnc(-n2cncn2)nc1-n1cncn1. The molecule has 0 fully saturated rings. The molecule has 3 aromatic rings. The highest BCUT2D eigenvalue weighted by Gasteiger charge is 2.36. The van der Waals surface area contributed by atoms with Gasteiger partial charge in [-0.2, -0.15) is 33.0 Å². The van der Waals surface area contributed by atoms with E-state index in [-0.39, 0.29) is 5.95 Å². The molecule has 0 aliphatic rings. The fourth-order valence-electron chi connectivity index (χ4n) is 1.48. The number of alkyl halides is 3. The molecule has 0 atom stereocenters. The van der Waals surface area contributed by atoms with Crippen molar-refractivity contribution in [1.29, 1.82) is 0 Å². The third-order valence-electron chi connectivity index (χ3n) is 2.32. The highest BCUT2D eigenvalue weighted by molar-refractivity contribution is 5.35. The Bertz CT molecular complexity index is 703. The van der Waals surface area contributed by atoms with Crippen molar-refractivity contribution in [2.24, 2.45) is 0 Å². The molecule has 0 N–H and O–H groups in total. The second-order valence-corrected chi connectivity index (χ2v) is 3.59. The number of rotatable bonds is 2. The maximum absolute atomic E-state index is 12.9. The smallest absolute Gasteiger partial charge is 0.223 e. The van der Waals surface area contributed by atoms with Gasteiger partial charge in [0.05, 0.1) is 0 Å². The van der Waals surface area contributed by atoms with Gasteiger partial charge in [-0.05, 0) is 0 Å². The van der Waals surface area contributed by atoms with Crippen molar-refractivity contribution in [2.45, 2.75) is 6.18 Å². The minimum absolute atomic E-state index is 0.0546. The molecule has 0 amide bonds. The number of hydrogen-bond acceptors (Lipinski definition) is 6. The Hall–Kier alpha value is -2.85. The van der Waals surface area contributed by atoms with Crippen molar-refractivity contribution >= 4 is 0 Å². The van der Waals surface area contributed by atoms with Crippen molar-refractivity contribution < 1.29 is 13.2 Å². The molecular formula is C9H5F3N8. The molecule has 0 aromatic carbocycles. The molecule has 8 nitrogen and oxygen atoms in total. The lowest BCUT2D eigenvalue weighted by Crippen LogP contribution is -2.16. The van der Waals surface area contributed by atoms with Crippen LogP contribution < -0.4 is 0 Å². The highest BCUT2D eigenvalue weighted by Crippen LogP contribution is 2.32. The van der Waals surface area contributed by atoms with Gasteiger partial charge in [0, 0.05) is 6.20 Å². The molecule has 3 rings (SSSR count). The molecular weight excluding hydrogens is 277 g/mol. The van der Waals surface area contributed by atoms with E-state index in [2.05, 4.69) is 30.1 Å². The Balaban J connectivity index is 2.19. The van der Waals surface area contributed by atoms with Crippen LogP contribution in [0, 0.1) is 0 Å². The van der Waals surface area contributed by atoms with Gasteiger partial charge in [-0.3, -0.25) is 0 Å². The fourth-order valence-corrected chi connectivity index (χ4v) is 1.48. The maximum Gasteiger partial charge on any atom is 0.421 e. The van der Waals surface area contributed by atoms with Crippen LogP contribution in [0.5, 0.6) is 0 Å². The van der Waals surface area contributed by atoms with Gasteiger partial charge < -0.3 is 0 Å². The fraction of sp³-hybridized carbons (Fsp3) is 0.111. The van der Waals surface area contributed by atoms with Crippen molar-refractivity contribution in [1.82, 2.24) is 39.5 Å². The Morgan fingerprint density at radius 1 is 0.950 bits per heavy atom. The van der Waals surface area contributed by atoms with Gasteiger partial charge in [0.1, 0.15) is 30.9 Å². The lowest BCUT2D eigenvalue weighted by Gasteiger charge is -2.11. The zero-order chi connectivity index (χ0) is 14.2. The first-order valence-corrected chi connectivity index (χ1v) is 5.20. The van der Waals surface area contributed by atoms with Gasteiger partial charge in [-0.25, -0.2) is 19.6 Å². The van der Waals surface area contributed by atoms with E-state index in [1.807, 2.05) is 0 Å². The van der Waals surface area contributed by atoms with Crippen molar-refractivity contribution in [3.63, 3.8) is 0 Å². The summed E-state index contributed by atoms with van der Waals surface area (Å²) in [6, 6.07) is 0. The second kappa shape index (κ2) is 4.36. The summed E-state index contributed by atoms with van der Waals surface area (Å²) >= 11 is 0. The molecule has 0 spiro atoms. The molecule has 0 bridgehead atoms. The predicted molar refractivity (Wildman–Crippen MR) is 56.9 cm³/mol. The summed E-state index contributed by atoms with van der Waals surface area (Å²) in [6.07, 6.45) is 0.771. The molecule has 0 saturated heterocycles. The van der Waals surface area contributed by atoms with Crippen LogP contribution in [0.2, 0.25) is 0 Å². The molecule has 0 saturated carbocycles. The molecule has 3 aromatic heterocycles. The summed E-state index contributed by atoms with van der Waals surface area (Å²) < 4.78 is 40.9. The topological polar surface area (TPSA) is 87.2 Å². The van der Waals surface area contributed by atoms with Crippen LogP contribution in [0.25, 0.3) is 11.8 Å². The molecule has 3 heterocycles. The Morgan fingerprint density at radius 3 is 2.15 bits per heavy atom. The summed E-state index contributed by atoms with van der Waals surface area (Å²) in [7, 11) is 0. The molecule has 20 heavy (non-hydrogen) atoms. The van der Waals surface area contributed by atoms with Crippen LogP contribution in [-0.2, 0) is 6.18 Å². The third-order valence-corrected chi connectivity index (χ3v) is 2.32. The van der Waals surface area contributed by atoms with Crippen LogP contribution in [-0.4, -0.2) is 39.5 Å². The highest BCUT2D eigenvalue weighted by atomic mass is 19.4. The van der Waals surface area contributed by atoms with Gasteiger partial charge in [0.25, 0.3) is 5.95 Å². The average molecular weight is 282 g/mol. The Kier molecular flexibility index (Phi) is 2.66. The minimum Gasteiger partial charge on any atom is -0.223 e. The van der Waals surface area contributed by atoms with Gasteiger partial charge in [0.15, 0.2) is 5.82 Å². The lowest BCUT2D eigenvalue weighted by molar-refractivity contribution is -0.138. The van der Waals surface area contributed by atoms with Crippen LogP contribution in [0.3, 0.4) is 0 Å². The van der Waals surface area contributed by atoms with Gasteiger partial charge in [-0.15, -0.1) is 0 Å². The van der Waals surface area contributed by atoms with Crippen LogP contribution >= 0.6 is 0 Å². The molecule has 11 heteroatoms. The van der Waals surface area contributed by atoms with E-state index >= 15 is 0 Å². The van der Waals surface area contributed by atoms with Gasteiger partial charge in [0.2, 0.25) is 0 Å². The summed E-state index contributed by atoms with van der Waals surface area (Å²) in [5, 5.41) is 7.41. The van der Waals surface area contributed by atoms with E-state index in [1.54, 1.807) is 0 Å². The first-order valence-electron chi connectivity index (χ1n) is 5.20. The van der Waals surface area contributed by atoms with E-state index in [1.165, 1.54) is 12.7 Å². The number of aromatic nitrogens is 8. The summed E-state index contributed by atoms with van der Waals surface area (Å²) in [5.41, 5.74) is -1.02. The Labute approximate surface area is 109 Å². The van der Waals surface area contributed by atoms with Gasteiger partial charge >= 0.3 is 6.18 Å². The number of halogens is 3. The molecule has 0 aliphatic carbocycles. The molecule has 0 radical (unpaired) electrons. The van der Waals surface area contributed by atoms with Crippen LogP contribution in [0.15, 0.2) is 31.5 Å².